The van der Waals surface area contributed by atoms with E-state index in [1.54, 1.807) is 0 Å². The smallest absolute Gasteiger partial charge is 0.250 e. The molecule has 3 heterocycles. The molecule has 0 saturated carbocycles. The van der Waals surface area contributed by atoms with Gasteiger partial charge in [0.25, 0.3) is 0 Å². The van der Waals surface area contributed by atoms with E-state index in [1.165, 1.54) is 31.1 Å². The van der Waals surface area contributed by atoms with Gasteiger partial charge in [0.15, 0.2) is 11.5 Å². The van der Waals surface area contributed by atoms with Crippen molar-refractivity contribution in [3.8, 4) is 0 Å². The summed E-state index contributed by atoms with van der Waals surface area (Å²) in [6, 6.07) is 1.48. The number of carbonyl (C=O) groups excluding carboxylic acids is 1. The Hall–Kier alpha value is -3.23. The Kier molecular flexibility index (Phi) is 3.70. The summed E-state index contributed by atoms with van der Waals surface area (Å²) >= 11 is 0. The fourth-order valence-electron chi connectivity index (χ4n) is 1.38. The van der Waals surface area contributed by atoms with Gasteiger partial charge in [0, 0.05) is 12.4 Å². The van der Waals surface area contributed by atoms with Crippen LogP contribution in [0.15, 0.2) is 31.1 Å². The van der Waals surface area contributed by atoms with Crippen LogP contribution in [-0.4, -0.2) is 30.8 Å². The number of nitrogen functional groups attached to an aromatic ring is 2. The Morgan fingerprint density at radius 1 is 1.15 bits per heavy atom. The highest BCUT2D eigenvalue weighted by molar-refractivity contribution is 5.93. The molecule has 0 aliphatic carbocycles. The first kappa shape index (κ1) is 13.2. The highest BCUT2D eigenvalue weighted by Crippen LogP contribution is 2.09. The van der Waals surface area contributed by atoms with Crippen LogP contribution in [-0.2, 0) is 0 Å². The summed E-state index contributed by atoms with van der Waals surface area (Å²) in [7, 11) is 0. The molecule has 0 spiro atoms. The molecule has 0 radical (unpaired) electrons. The van der Waals surface area contributed by atoms with Gasteiger partial charge in [0.1, 0.15) is 11.8 Å². The molecule has 0 aliphatic heterocycles. The van der Waals surface area contributed by atoms with Crippen LogP contribution in [0.4, 0.5) is 11.5 Å². The SMILES string of the molecule is NC(=O)c1cncc(N)c1.Nc1ncnc2[nH]cnc12. The predicted molar refractivity (Wildman–Crippen MR) is 73.3 cm³/mol. The van der Waals surface area contributed by atoms with Crippen molar-refractivity contribution in [2.75, 3.05) is 11.5 Å². The Labute approximate surface area is 113 Å². The van der Waals surface area contributed by atoms with Crippen LogP contribution >= 0.6 is 0 Å². The van der Waals surface area contributed by atoms with Gasteiger partial charge in [-0.2, -0.15) is 0 Å². The Balaban J connectivity index is 0.000000147. The monoisotopic (exact) mass is 272 g/mol. The van der Waals surface area contributed by atoms with Gasteiger partial charge in [-0.1, -0.05) is 0 Å². The summed E-state index contributed by atoms with van der Waals surface area (Å²) < 4.78 is 0. The summed E-state index contributed by atoms with van der Waals surface area (Å²) in [5.74, 6) is -0.106. The lowest BCUT2D eigenvalue weighted by Crippen LogP contribution is -2.11. The largest absolute Gasteiger partial charge is 0.397 e. The van der Waals surface area contributed by atoms with Crippen molar-refractivity contribution < 1.29 is 4.79 Å². The van der Waals surface area contributed by atoms with E-state index in [0.717, 1.165) is 0 Å². The van der Waals surface area contributed by atoms with E-state index in [2.05, 4.69) is 24.9 Å². The maximum Gasteiger partial charge on any atom is 0.250 e. The van der Waals surface area contributed by atoms with Gasteiger partial charge in [-0.05, 0) is 6.07 Å². The zero-order chi connectivity index (χ0) is 14.5. The first-order chi connectivity index (χ1) is 9.58. The quantitative estimate of drug-likeness (QED) is 0.472. The number of amides is 1. The molecule has 7 N–H and O–H groups in total. The van der Waals surface area contributed by atoms with E-state index in [1.807, 2.05) is 0 Å². The fraction of sp³-hybridized carbons (Fsp3) is 0. The molecule has 3 aromatic heterocycles. The van der Waals surface area contributed by atoms with Crippen molar-refractivity contribution in [1.82, 2.24) is 24.9 Å². The summed E-state index contributed by atoms with van der Waals surface area (Å²) in [5.41, 5.74) is 17.8. The van der Waals surface area contributed by atoms with Crippen molar-refractivity contribution in [1.29, 1.82) is 0 Å². The third-order valence-electron chi connectivity index (χ3n) is 2.29. The van der Waals surface area contributed by atoms with Crippen LogP contribution in [0.2, 0.25) is 0 Å². The van der Waals surface area contributed by atoms with Gasteiger partial charge in [-0.3, -0.25) is 9.78 Å². The first-order valence-electron chi connectivity index (χ1n) is 5.48. The number of anilines is 2. The van der Waals surface area contributed by atoms with Crippen LogP contribution in [0.5, 0.6) is 0 Å². The molecular formula is C11H12N8O. The van der Waals surface area contributed by atoms with Gasteiger partial charge >= 0.3 is 0 Å². The summed E-state index contributed by atoms with van der Waals surface area (Å²) in [6.45, 7) is 0. The van der Waals surface area contributed by atoms with Crippen LogP contribution < -0.4 is 17.2 Å². The maximum absolute atomic E-state index is 10.5. The number of nitrogens with two attached hydrogens (primary N) is 3. The van der Waals surface area contributed by atoms with E-state index in [0.29, 0.717) is 28.2 Å². The number of pyridine rings is 1. The fourth-order valence-corrected chi connectivity index (χ4v) is 1.38. The molecule has 1 amide bonds. The number of carbonyl (C=O) groups is 1. The average molecular weight is 272 g/mol. The molecule has 3 aromatic rings. The molecule has 9 heteroatoms. The summed E-state index contributed by atoms with van der Waals surface area (Å²) in [6.07, 6.45) is 5.76. The highest BCUT2D eigenvalue weighted by Gasteiger charge is 1.99. The number of fused-ring (bicyclic) bond motifs is 1. The van der Waals surface area contributed by atoms with Crippen LogP contribution in [0.25, 0.3) is 11.2 Å². The van der Waals surface area contributed by atoms with Gasteiger partial charge < -0.3 is 22.2 Å². The number of H-pyrrole nitrogens is 1. The number of nitrogens with zero attached hydrogens (tertiary/aromatic N) is 4. The van der Waals surface area contributed by atoms with Gasteiger partial charge in [-0.25, -0.2) is 15.0 Å². The highest BCUT2D eigenvalue weighted by atomic mass is 16.1. The molecule has 0 aliphatic rings. The molecule has 3 rings (SSSR count). The summed E-state index contributed by atoms with van der Waals surface area (Å²) in [5, 5.41) is 0. The molecule has 0 aromatic carbocycles. The Morgan fingerprint density at radius 3 is 2.55 bits per heavy atom. The molecule has 0 bridgehead atoms. The number of hydrogen-bond donors (Lipinski definition) is 4. The summed E-state index contributed by atoms with van der Waals surface area (Å²) in [4.78, 5) is 28.5. The van der Waals surface area contributed by atoms with Gasteiger partial charge in [-0.15, -0.1) is 0 Å². The van der Waals surface area contributed by atoms with Crippen molar-refractivity contribution in [3.05, 3.63) is 36.7 Å². The number of hydrogen-bond acceptors (Lipinski definition) is 7. The van der Waals surface area contributed by atoms with Crippen molar-refractivity contribution in [2.24, 2.45) is 5.73 Å². The minimum Gasteiger partial charge on any atom is -0.397 e. The number of aromatic amines is 1. The lowest BCUT2D eigenvalue weighted by Gasteiger charge is -1.93. The van der Waals surface area contributed by atoms with E-state index in [-0.39, 0.29) is 0 Å². The minimum atomic E-state index is -0.514. The molecule has 0 fully saturated rings. The van der Waals surface area contributed by atoms with Crippen LogP contribution in [0.1, 0.15) is 10.4 Å². The average Bonchev–Trinajstić information content (AvgIpc) is 2.89. The Morgan fingerprint density at radius 2 is 1.95 bits per heavy atom. The molecule has 9 nitrogen and oxygen atoms in total. The van der Waals surface area contributed by atoms with E-state index >= 15 is 0 Å². The molecule has 102 valence electrons. The number of imidazole rings is 1. The molecule has 20 heavy (non-hydrogen) atoms. The second kappa shape index (κ2) is 5.61. The first-order valence-corrected chi connectivity index (χ1v) is 5.48. The molecule has 0 atom stereocenters. The lowest BCUT2D eigenvalue weighted by atomic mass is 10.2. The Bertz CT molecular complexity index is 738. The van der Waals surface area contributed by atoms with Crippen LogP contribution in [0.3, 0.4) is 0 Å². The van der Waals surface area contributed by atoms with Gasteiger partial charge in [0.2, 0.25) is 5.91 Å². The third kappa shape index (κ3) is 2.96. The molecule has 0 unspecified atom stereocenters. The van der Waals surface area contributed by atoms with Crippen LogP contribution in [0, 0.1) is 0 Å². The second-order valence-electron chi connectivity index (χ2n) is 3.73. The molecule has 0 saturated heterocycles. The molecular weight excluding hydrogens is 260 g/mol. The maximum atomic E-state index is 10.5. The van der Waals surface area contributed by atoms with Crippen molar-refractivity contribution >= 4 is 28.6 Å². The van der Waals surface area contributed by atoms with Crippen molar-refractivity contribution in [3.63, 3.8) is 0 Å². The van der Waals surface area contributed by atoms with Crippen molar-refractivity contribution in [2.45, 2.75) is 0 Å². The number of aromatic nitrogens is 5. The zero-order valence-electron chi connectivity index (χ0n) is 10.3. The van der Waals surface area contributed by atoms with E-state index in [9.17, 15) is 4.79 Å². The minimum absolute atomic E-state index is 0.333. The van der Waals surface area contributed by atoms with E-state index in [4.69, 9.17) is 17.2 Å². The standard InChI is InChI=1S/C6H7N3O.C5H5N5/c7-5-1-4(6(8)10)2-9-3-5;6-4-3-5(9-1-7-3)10-2-8-4/h1-3H,7H2,(H2,8,10);1-2H,(H3,6,7,8,9,10). The zero-order valence-corrected chi connectivity index (χ0v) is 10.3. The van der Waals surface area contributed by atoms with E-state index < -0.39 is 5.91 Å². The normalized spacial score (nSPS) is 9.80. The second-order valence-corrected chi connectivity index (χ2v) is 3.73. The number of primary amides is 1. The third-order valence-corrected chi connectivity index (χ3v) is 2.29. The number of nitrogens with one attached hydrogen (secondary N) is 1. The topological polar surface area (TPSA) is 162 Å². The van der Waals surface area contributed by atoms with Gasteiger partial charge in [0.05, 0.1) is 17.6 Å². The lowest BCUT2D eigenvalue weighted by molar-refractivity contribution is 0.1000. The predicted octanol–water partition coefficient (Wildman–Crippen LogP) is -0.302. The number of rotatable bonds is 1.